The number of nitrogens with one attached hydrogen (secondary N) is 2. The van der Waals surface area contributed by atoms with Gasteiger partial charge in [0.1, 0.15) is 11.6 Å². The fourth-order valence-corrected chi connectivity index (χ4v) is 6.33. The molecule has 3 amide bonds. The molecule has 9 nitrogen and oxygen atoms in total. The first-order chi connectivity index (χ1) is 24.0. The largest absolute Gasteiger partial charge is 0.487 e. The summed E-state index contributed by atoms with van der Waals surface area (Å²) in [5, 5.41) is 6.08. The molecule has 0 saturated carbocycles. The molecule has 1 saturated heterocycles. The standard InChI is InChI=1S/C41H59N3O6/c1-6-49-36(30-45)20-11-8-12-21-38(46)43-37(25-24-32-15-9-7-10-16-32)39(47)42-28-35-27-33(23-22-31(35)2)17-13-18-34-19-14-26-44(29-34)40(48)50-41(3,4)5/h7,9-10,15-16,22-23,27,34,37H,6,8,11-14,17-21,24-26,28-29H2,1-5H3,(H,42,47)(H,43,46). The molecule has 274 valence electrons. The number of rotatable bonds is 19. The number of benzene rings is 2. The average Bonchev–Trinajstić information content (AvgIpc) is 3.09. The van der Waals surface area contributed by atoms with Crippen LogP contribution >= 0.6 is 0 Å². The summed E-state index contributed by atoms with van der Waals surface area (Å²) in [6, 6.07) is 15.8. The fourth-order valence-electron chi connectivity index (χ4n) is 6.33. The summed E-state index contributed by atoms with van der Waals surface area (Å²) in [5.41, 5.74) is 4.02. The Morgan fingerprint density at radius 1 is 0.980 bits per heavy atom. The summed E-state index contributed by atoms with van der Waals surface area (Å²) in [6.07, 6.45) is 9.06. The molecule has 0 bridgehead atoms. The van der Waals surface area contributed by atoms with E-state index in [0.29, 0.717) is 56.9 Å². The number of allylic oxidation sites excluding steroid dienone is 1. The van der Waals surface area contributed by atoms with Gasteiger partial charge in [-0.2, -0.15) is 0 Å². The Bertz CT molecular complexity index is 1410. The molecular weight excluding hydrogens is 630 g/mol. The van der Waals surface area contributed by atoms with Crippen LogP contribution in [0.4, 0.5) is 4.79 Å². The van der Waals surface area contributed by atoms with Crippen molar-refractivity contribution < 1.29 is 28.7 Å². The zero-order valence-corrected chi connectivity index (χ0v) is 31.0. The van der Waals surface area contributed by atoms with Gasteiger partial charge in [0.15, 0.2) is 11.7 Å². The molecule has 1 aliphatic heterocycles. The lowest BCUT2D eigenvalue weighted by molar-refractivity contribution is -0.129. The number of likely N-dealkylation sites (tertiary alicyclic amines) is 1. The van der Waals surface area contributed by atoms with Crippen molar-refractivity contribution in [2.45, 2.75) is 130 Å². The van der Waals surface area contributed by atoms with E-state index in [9.17, 15) is 19.2 Å². The van der Waals surface area contributed by atoms with E-state index in [2.05, 4.69) is 35.8 Å². The highest BCUT2D eigenvalue weighted by Crippen LogP contribution is 2.24. The number of carbonyl (C=O) groups is 3. The lowest BCUT2D eigenvalue weighted by Gasteiger charge is -2.34. The van der Waals surface area contributed by atoms with Crippen LogP contribution in [-0.4, -0.2) is 60.1 Å². The first kappa shape index (κ1) is 40.3. The van der Waals surface area contributed by atoms with E-state index in [1.165, 1.54) is 5.56 Å². The van der Waals surface area contributed by atoms with Gasteiger partial charge in [-0.25, -0.2) is 9.59 Å². The SMILES string of the molecule is CCOC(=C=O)CCCCCC(=O)NC(CCc1ccccc1)C(=O)NCc1cc(CCCC2CCCN(C(=O)OC(C)(C)C)C2)ccc1C. The van der Waals surface area contributed by atoms with Gasteiger partial charge in [0.05, 0.1) is 6.61 Å². The Balaban J connectivity index is 1.51. The first-order valence-electron chi connectivity index (χ1n) is 18.5. The van der Waals surface area contributed by atoms with Crippen LogP contribution in [0.15, 0.2) is 54.3 Å². The average molecular weight is 690 g/mol. The number of unbranched alkanes of at least 4 members (excludes halogenated alkanes) is 2. The molecule has 50 heavy (non-hydrogen) atoms. The molecule has 2 aromatic carbocycles. The van der Waals surface area contributed by atoms with Crippen molar-refractivity contribution in [2.75, 3.05) is 19.7 Å². The molecule has 1 heterocycles. The lowest BCUT2D eigenvalue weighted by Crippen LogP contribution is -2.46. The summed E-state index contributed by atoms with van der Waals surface area (Å²) in [5.74, 6) is 2.28. The Kier molecular flexibility index (Phi) is 17.1. The number of hydrogen-bond donors (Lipinski definition) is 2. The molecule has 0 radical (unpaired) electrons. The predicted octanol–water partition coefficient (Wildman–Crippen LogP) is 7.40. The molecule has 0 aliphatic carbocycles. The Labute approximate surface area is 299 Å². The molecule has 3 rings (SSSR count). The fraction of sp³-hybridized carbons (Fsp3) is 0.585. The second-order valence-corrected chi connectivity index (χ2v) is 14.5. The van der Waals surface area contributed by atoms with Crippen LogP contribution in [0.25, 0.3) is 0 Å². The quantitative estimate of drug-likeness (QED) is 0.0903. The highest BCUT2D eigenvalue weighted by molar-refractivity contribution is 5.87. The molecule has 2 atom stereocenters. The number of amides is 3. The van der Waals surface area contributed by atoms with Gasteiger partial charge in [0.25, 0.3) is 0 Å². The van der Waals surface area contributed by atoms with Crippen molar-refractivity contribution in [3.05, 3.63) is 76.5 Å². The Hall–Kier alpha value is -4.10. The van der Waals surface area contributed by atoms with Gasteiger partial charge in [-0.05, 0) is 121 Å². The van der Waals surface area contributed by atoms with Gasteiger partial charge < -0.3 is 25.0 Å². The zero-order valence-electron chi connectivity index (χ0n) is 31.0. The summed E-state index contributed by atoms with van der Waals surface area (Å²) in [7, 11) is 0. The molecule has 2 unspecified atom stereocenters. The van der Waals surface area contributed by atoms with Crippen LogP contribution < -0.4 is 10.6 Å². The highest BCUT2D eigenvalue weighted by atomic mass is 16.6. The second kappa shape index (κ2) is 21.2. The van der Waals surface area contributed by atoms with E-state index in [1.54, 1.807) is 0 Å². The van der Waals surface area contributed by atoms with E-state index in [-0.39, 0.29) is 17.9 Å². The lowest BCUT2D eigenvalue weighted by atomic mass is 9.91. The summed E-state index contributed by atoms with van der Waals surface area (Å²) in [6.45, 7) is 11.9. The van der Waals surface area contributed by atoms with E-state index in [0.717, 1.165) is 74.7 Å². The third kappa shape index (κ3) is 15.2. The first-order valence-corrected chi connectivity index (χ1v) is 18.5. The molecule has 0 aromatic heterocycles. The number of carbonyl (C=O) groups excluding carboxylic acids is 4. The summed E-state index contributed by atoms with van der Waals surface area (Å²) < 4.78 is 10.8. The van der Waals surface area contributed by atoms with Crippen molar-refractivity contribution >= 4 is 23.8 Å². The van der Waals surface area contributed by atoms with Gasteiger partial charge >= 0.3 is 6.09 Å². The number of piperidine rings is 1. The molecule has 1 aliphatic rings. The Morgan fingerprint density at radius 3 is 2.46 bits per heavy atom. The summed E-state index contributed by atoms with van der Waals surface area (Å²) >= 11 is 0. The van der Waals surface area contributed by atoms with Crippen molar-refractivity contribution in [3.8, 4) is 0 Å². The van der Waals surface area contributed by atoms with Crippen LogP contribution in [0.3, 0.4) is 0 Å². The number of aryl methyl sites for hydroxylation is 3. The highest BCUT2D eigenvalue weighted by Gasteiger charge is 2.27. The van der Waals surface area contributed by atoms with Crippen molar-refractivity contribution in [3.63, 3.8) is 0 Å². The van der Waals surface area contributed by atoms with Crippen molar-refractivity contribution in [1.29, 1.82) is 0 Å². The van der Waals surface area contributed by atoms with Gasteiger partial charge in [0.2, 0.25) is 11.8 Å². The number of hydrogen-bond acceptors (Lipinski definition) is 6. The minimum absolute atomic E-state index is 0.153. The number of nitrogens with zero attached hydrogens (tertiary/aromatic N) is 1. The van der Waals surface area contributed by atoms with Gasteiger partial charge in [-0.15, -0.1) is 0 Å². The van der Waals surface area contributed by atoms with Crippen LogP contribution in [0.2, 0.25) is 0 Å². The van der Waals surface area contributed by atoms with Crippen LogP contribution in [0, 0.1) is 12.8 Å². The maximum atomic E-state index is 13.5. The molecule has 9 heteroatoms. The maximum absolute atomic E-state index is 13.5. The molecule has 0 spiro atoms. The predicted molar refractivity (Wildman–Crippen MR) is 197 cm³/mol. The third-order valence-corrected chi connectivity index (χ3v) is 9.07. The molecule has 2 N–H and O–H groups in total. The van der Waals surface area contributed by atoms with E-state index < -0.39 is 11.6 Å². The maximum Gasteiger partial charge on any atom is 0.410 e. The number of ether oxygens (including phenoxy) is 2. The minimum Gasteiger partial charge on any atom is -0.487 e. The van der Waals surface area contributed by atoms with Crippen molar-refractivity contribution in [1.82, 2.24) is 15.5 Å². The normalized spacial score (nSPS) is 15.1. The van der Waals surface area contributed by atoms with Crippen LogP contribution in [0.5, 0.6) is 0 Å². The van der Waals surface area contributed by atoms with Gasteiger partial charge in [-0.3, -0.25) is 9.59 Å². The molecule has 2 aromatic rings. The van der Waals surface area contributed by atoms with Crippen LogP contribution in [0.1, 0.15) is 114 Å². The topological polar surface area (TPSA) is 114 Å². The van der Waals surface area contributed by atoms with E-state index in [4.69, 9.17) is 9.47 Å². The smallest absolute Gasteiger partial charge is 0.410 e. The van der Waals surface area contributed by atoms with E-state index >= 15 is 0 Å². The van der Waals surface area contributed by atoms with Gasteiger partial charge in [0, 0.05) is 32.5 Å². The monoisotopic (exact) mass is 689 g/mol. The van der Waals surface area contributed by atoms with Gasteiger partial charge in [-0.1, -0.05) is 55.0 Å². The van der Waals surface area contributed by atoms with Crippen molar-refractivity contribution in [2.24, 2.45) is 5.92 Å². The third-order valence-electron chi connectivity index (χ3n) is 9.07. The molecule has 1 fully saturated rings. The molecular formula is C41H59N3O6. The van der Waals surface area contributed by atoms with E-state index in [1.807, 2.05) is 68.9 Å². The zero-order chi connectivity index (χ0) is 36.4. The Morgan fingerprint density at radius 2 is 1.74 bits per heavy atom. The minimum atomic E-state index is -0.649. The summed E-state index contributed by atoms with van der Waals surface area (Å²) in [4.78, 5) is 51.8. The van der Waals surface area contributed by atoms with Crippen LogP contribution in [-0.2, 0) is 43.2 Å². The second-order valence-electron chi connectivity index (χ2n) is 14.5.